The quantitative estimate of drug-likeness (QED) is 0.794. The van der Waals surface area contributed by atoms with E-state index in [1.54, 1.807) is 0 Å². The van der Waals surface area contributed by atoms with Gasteiger partial charge in [0.2, 0.25) is 5.43 Å². The first-order chi connectivity index (χ1) is 13.9. The van der Waals surface area contributed by atoms with E-state index >= 15 is 4.39 Å². The van der Waals surface area contributed by atoms with Crippen LogP contribution in [0.4, 0.5) is 14.5 Å². The van der Waals surface area contributed by atoms with Crippen LogP contribution >= 0.6 is 11.6 Å². The highest BCUT2D eigenvalue weighted by Crippen LogP contribution is 2.45. The maximum atomic E-state index is 15.1. The normalized spacial score (nSPS) is 28.6. The maximum Gasteiger partial charge on any atom is 0.341 e. The van der Waals surface area contributed by atoms with Crippen LogP contribution in [0.15, 0.2) is 17.1 Å². The number of nitrogens with zero attached hydrogens (tertiary/aromatic N) is 2. The van der Waals surface area contributed by atoms with E-state index < -0.39 is 35.0 Å². The monoisotopic (exact) mass is 423 g/mol. The van der Waals surface area contributed by atoms with Crippen LogP contribution in [-0.4, -0.2) is 47.5 Å². The molecule has 3 heterocycles. The minimum absolute atomic E-state index is 0.0341. The number of nitrogens with one attached hydrogen (secondary N) is 1. The van der Waals surface area contributed by atoms with Crippen LogP contribution in [0, 0.1) is 11.7 Å². The zero-order valence-corrected chi connectivity index (χ0v) is 16.3. The molecule has 0 amide bonds. The van der Waals surface area contributed by atoms with Gasteiger partial charge in [0.15, 0.2) is 0 Å². The molecule has 4 atom stereocenters. The second-order valence-electron chi connectivity index (χ2n) is 8.19. The van der Waals surface area contributed by atoms with Crippen molar-refractivity contribution < 1.29 is 18.7 Å². The molecule has 154 valence electrons. The standard InChI is InChI=1S/C20H20ClF2N3O3/c21-16-17-10(19(27)11(20(28)29)7-26(17)15-5-12(15)22)4-13(23)18(16)25-6-9-2-1-3-24-14(9)8-25/h4,7,9,12,14-15,24H,1-3,5-6,8H2,(H,28,29)/t9?,12-,14?,15+/m0/s1. The zero-order valence-electron chi connectivity index (χ0n) is 15.5. The molecule has 1 saturated carbocycles. The van der Waals surface area contributed by atoms with Gasteiger partial charge in [-0.3, -0.25) is 4.79 Å². The third-order valence-corrected chi connectivity index (χ3v) is 6.73. The number of piperidine rings is 1. The molecule has 0 bridgehead atoms. The summed E-state index contributed by atoms with van der Waals surface area (Å²) in [6.07, 6.45) is 2.32. The van der Waals surface area contributed by atoms with E-state index in [4.69, 9.17) is 11.6 Å². The number of alkyl halides is 1. The molecule has 1 aromatic heterocycles. The smallest absolute Gasteiger partial charge is 0.341 e. The molecule has 2 N–H and O–H groups in total. The van der Waals surface area contributed by atoms with Crippen molar-refractivity contribution in [2.45, 2.75) is 37.5 Å². The minimum atomic E-state index is -1.43. The molecule has 3 aliphatic rings. The molecule has 0 radical (unpaired) electrons. The number of rotatable bonds is 3. The van der Waals surface area contributed by atoms with Gasteiger partial charge >= 0.3 is 5.97 Å². The Balaban J connectivity index is 1.70. The van der Waals surface area contributed by atoms with Gasteiger partial charge in [-0.2, -0.15) is 0 Å². The Morgan fingerprint density at radius 3 is 2.76 bits per heavy atom. The van der Waals surface area contributed by atoms with Gasteiger partial charge < -0.3 is 19.9 Å². The Morgan fingerprint density at radius 2 is 2.10 bits per heavy atom. The number of carboxylic acids is 1. The van der Waals surface area contributed by atoms with Crippen LogP contribution in [0.3, 0.4) is 0 Å². The summed E-state index contributed by atoms with van der Waals surface area (Å²) in [5.41, 5.74) is -0.936. The molecule has 29 heavy (non-hydrogen) atoms. The third kappa shape index (κ3) is 2.92. The fourth-order valence-electron chi connectivity index (χ4n) is 4.80. The van der Waals surface area contributed by atoms with Crippen molar-refractivity contribution in [1.82, 2.24) is 9.88 Å². The fraction of sp³-hybridized carbons (Fsp3) is 0.500. The molecule has 2 aromatic rings. The van der Waals surface area contributed by atoms with Gasteiger partial charge in [-0.1, -0.05) is 11.6 Å². The average molecular weight is 424 g/mol. The van der Waals surface area contributed by atoms with Gasteiger partial charge in [0, 0.05) is 31.7 Å². The Bertz CT molecular complexity index is 1080. The van der Waals surface area contributed by atoms with E-state index in [1.165, 1.54) is 4.57 Å². The third-order valence-electron chi connectivity index (χ3n) is 6.37. The summed E-state index contributed by atoms with van der Waals surface area (Å²) in [7, 11) is 0. The SMILES string of the molecule is O=C(O)c1cn([C@@H]2C[C@@H]2F)c2c(Cl)c(N3CC4CCCNC4C3)c(F)cc2c1=O. The first kappa shape index (κ1) is 18.8. The van der Waals surface area contributed by atoms with Crippen molar-refractivity contribution in [3.05, 3.63) is 38.9 Å². The van der Waals surface area contributed by atoms with Crippen molar-refractivity contribution in [2.24, 2.45) is 5.92 Å². The zero-order chi connectivity index (χ0) is 20.4. The molecule has 2 saturated heterocycles. The fourth-order valence-corrected chi connectivity index (χ4v) is 5.21. The van der Waals surface area contributed by atoms with E-state index in [0.717, 1.165) is 31.6 Å². The van der Waals surface area contributed by atoms with E-state index in [2.05, 4.69) is 5.32 Å². The molecular weight excluding hydrogens is 404 g/mol. The molecule has 1 aromatic carbocycles. The lowest BCUT2D eigenvalue weighted by atomic mass is 9.94. The number of anilines is 1. The highest BCUT2D eigenvalue weighted by Gasteiger charge is 2.42. The lowest BCUT2D eigenvalue weighted by Gasteiger charge is -2.24. The Labute approximate surface area is 170 Å². The summed E-state index contributed by atoms with van der Waals surface area (Å²) in [4.78, 5) is 26.0. The lowest BCUT2D eigenvalue weighted by Crippen LogP contribution is -2.40. The highest BCUT2D eigenvalue weighted by atomic mass is 35.5. The van der Waals surface area contributed by atoms with Crippen LogP contribution in [0.2, 0.25) is 5.02 Å². The molecule has 2 aliphatic heterocycles. The Hall–Kier alpha value is -2.19. The number of carbonyl (C=O) groups is 1. The highest BCUT2D eigenvalue weighted by molar-refractivity contribution is 6.38. The van der Waals surface area contributed by atoms with Gasteiger partial charge in [-0.05, 0) is 31.4 Å². The van der Waals surface area contributed by atoms with E-state index in [0.29, 0.717) is 19.0 Å². The maximum absolute atomic E-state index is 15.1. The number of pyridine rings is 1. The van der Waals surface area contributed by atoms with Crippen LogP contribution in [-0.2, 0) is 0 Å². The number of aromatic carboxylic acids is 1. The number of benzene rings is 1. The number of aromatic nitrogens is 1. The van der Waals surface area contributed by atoms with Crippen molar-refractivity contribution >= 4 is 34.2 Å². The van der Waals surface area contributed by atoms with Gasteiger partial charge in [-0.25, -0.2) is 13.6 Å². The predicted octanol–water partition coefficient (Wildman–Crippen LogP) is 2.96. The lowest BCUT2D eigenvalue weighted by molar-refractivity contribution is 0.0694. The van der Waals surface area contributed by atoms with Crippen molar-refractivity contribution in [1.29, 1.82) is 0 Å². The van der Waals surface area contributed by atoms with Crippen LogP contribution in [0.1, 0.15) is 35.7 Å². The van der Waals surface area contributed by atoms with Gasteiger partial charge in [-0.15, -0.1) is 0 Å². The minimum Gasteiger partial charge on any atom is -0.477 e. The van der Waals surface area contributed by atoms with Crippen LogP contribution in [0.25, 0.3) is 10.9 Å². The molecule has 6 nitrogen and oxygen atoms in total. The summed E-state index contributed by atoms with van der Waals surface area (Å²) in [5, 5.41) is 12.7. The number of hydrogen-bond acceptors (Lipinski definition) is 4. The molecule has 5 rings (SSSR count). The van der Waals surface area contributed by atoms with Crippen LogP contribution in [0.5, 0.6) is 0 Å². The second-order valence-corrected chi connectivity index (χ2v) is 8.57. The van der Waals surface area contributed by atoms with Crippen molar-refractivity contribution in [3.63, 3.8) is 0 Å². The Morgan fingerprint density at radius 1 is 1.34 bits per heavy atom. The number of hydrogen-bond donors (Lipinski definition) is 2. The molecule has 2 unspecified atom stereocenters. The number of fused-ring (bicyclic) bond motifs is 2. The Kier molecular flexibility index (Phi) is 4.33. The number of halogens is 3. The molecule has 9 heteroatoms. The van der Waals surface area contributed by atoms with E-state index in [-0.39, 0.29) is 34.1 Å². The molecule has 1 aliphatic carbocycles. The topological polar surface area (TPSA) is 74.6 Å². The summed E-state index contributed by atoms with van der Waals surface area (Å²) < 4.78 is 30.4. The van der Waals surface area contributed by atoms with E-state index in [9.17, 15) is 19.1 Å². The van der Waals surface area contributed by atoms with Crippen LogP contribution < -0.4 is 15.6 Å². The van der Waals surface area contributed by atoms with Crippen molar-refractivity contribution in [2.75, 3.05) is 24.5 Å². The summed E-state index contributed by atoms with van der Waals surface area (Å²) in [5.74, 6) is -1.71. The van der Waals surface area contributed by atoms with Gasteiger partial charge in [0.05, 0.1) is 27.7 Å². The predicted molar refractivity (Wildman–Crippen MR) is 105 cm³/mol. The molecule has 0 spiro atoms. The average Bonchev–Trinajstić information content (AvgIpc) is 3.24. The summed E-state index contributed by atoms with van der Waals surface area (Å²) in [6, 6.07) is 0.701. The van der Waals surface area contributed by atoms with Crippen molar-refractivity contribution in [3.8, 4) is 0 Å². The molecule has 3 fully saturated rings. The summed E-state index contributed by atoms with van der Waals surface area (Å²) in [6.45, 7) is 2.17. The first-order valence-corrected chi connectivity index (χ1v) is 10.2. The summed E-state index contributed by atoms with van der Waals surface area (Å²) >= 11 is 6.62. The number of carboxylic acid groups (broad SMARTS) is 1. The second kappa shape index (κ2) is 6.67. The largest absolute Gasteiger partial charge is 0.477 e. The molecular formula is C20H20ClF2N3O3. The van der Waals surface area contributed by atoms with E-state index in [1.807, 2.05) is 4.90 Å². The first-order valence-electron chi connectivity index (χ1n) is 9.79. The van der Waals surface area contributed by atoms with Gasteiger partial charge in [0.25, 0.3) is 0 Å². The van der Waals surface area contributed by atoms with Gasteiger partial charge in [0.1, 0.15) is 17.6 Å².